The van der Waals surface area contributed by atoms with Gasteiger partial charge in [-0.05, 0) is 54.3 Å². The van der Waals surface area contributed by atoms with Crippen LogP contribution in [0.5, 0.6) is 0 Å². The molecule has 0 aromatic carbocycles. The van der Waals surface area contributed by atoms with Crippen LogP contribution in [0.2, 0.25) is 0 Å². The number of nitrogens with one attached hydrogen (secondary N) is 1. The first-order valence-corrected chi connectivity index (χ1v) is 10.5. The lowest BCUT2D eigenvalue weighted by molar-refractivity contribution is 0.0528. The molecule has 0 unspecified atom stereocenters. The zero-order valence-electron chi connectivity index (χ0n) is 16.7. The van der Waals surface area contributed by atoms with Crippen molar-refractivity contribution in [1.29, 1.82) is 0 Å². The van der Waals surface area contributed by atoms with Crippen molar-refractivity contribution in [2.45, 2.75) is 13.5 Å². The van der Waals surface area contributed by atoms with Crippen LogP contribution >= 0.6 is 11.3 Å². The molecule has 1 N–H and O–H groups in total. The molecule has 0 atom stereocenters. The molecule has 0 fully saturated rings. The van der Waals surface area contributed by atoms with Crippen molar-refractivity contribution in [3.8, 4) is 0 Å². The first-order chi connectivity index (χ1) is 15.1. The lowest BCUT2D eigenvalue weighted by Gasteiger charge is -2.07. The third kappa shape index (κ3) is 4.24. The second-order valence-electron chi connectivity index (χ2n) is 6.68. The van der Waals surface area contributed by atoms with E-state index in [1.54, 1.807) is 54.2 Å². The molecule has 0 aliphatic carbocycles. The van der Waals surface area contributed by atoms with Crippen molar-refractivity contribution in [1.82, 2.24) is 14.7 Å². The van der Waals surface area contributed by atoms with E-state index in [9.17, 15) is 14.4 Å². The summed E-state index contributed by atoms with van der Waals surface area (Å²) in [5.41, 5.74) is 2.31. The van der Waals surface area contributed by atoms with Gasteiger partial charge in [0.25, 0.3) is 5.91 Å². The van der Waals surface area contributed by atoms with Gasteiger partial charge in [0, 0.05) is 30.7 Å². The SMILES string of the molecule is CCOC(=O)c1cc(C(=O)c2cccs2)n2ccc(C(=O)NCc3ccncc3)cc12. The Morgan fingerprint density at radius 1 is 1.13 bits per heavy atom. The first kappa shape index (κ1) is 20.5. The maximum atomic E-state index is 12.9. The van der Waals surface area contributed by atoms with Gasteiger partial charge in [0.15, 0.2) is 0 Å². The summed E-state index contributed by atoms with van der Waals surface area (Å²) in [5, 5.41) is 4.67. The van der Waals surface area contributed by atoms with Gasteiger partial charge in [-0.3, -0.25) is 14.6 Å². The van der Waals surface area contributed by atoms with Gasteiger partial charge in [0.2, 0.25) is 5.78 Å². The first-order valence-electron chi connectivity index (χ1n) is 9.66. The Bertz CT molecular complexity index is 1250. The summed E-state index contributed by atoms with van der Waals surface area (Å²) in [6.07, 6.45) is 4.94. The lowest BCUT2D eigenvalue weighted by Crippen LogP contribution is -2.23. The number of carbonyl (C=O) groups excluding carboxylic acids is 3. The molecule has 156 valence electrons. The summed E-state index contributed by atoms with van der Waals surface area (Å²) in [6.45, 7) is 2.27. The Morgan fingerprint density at radius 2 is 1.94 bits per heavy atom. The quantitative estimate of drug-likeness (QED) is 0.354. The number of rotatable bonds is 7. The van der Waals surface area contributed by atoms with Crippen molar-refractivity contribution < 1.29 is 19.1 Å². The largest absolute Gasteiger partial charge is 0.462 e. The van der Waals surface area contributed by atoms with Crippen molar-refractivity contribution >= 4 is 34.5 Å². The van der Waals surface area contributed by atoms with E-state index in [1.165, 1.54) is 17.4 Å². The molecular formula is C23H19N3O4S. The maximum absolute atomic E-state index is 12.9. The summed E-state index contributed by atoms with van der Waals surface area (Å²) >= 11 is 1.33. The fourth-order valence-electron chi connectivity index (χ4n) is 3.21. The molecule has 4 rings (SSSR count). The van der Waals surface area contributed by atoms with Gasteiger partial charge in [0.1, 0.15) is 0 Å². The Balaban J connectivity index is 1.69. The van der Waals surface area contributed by atoms with Crippen molar-refractivity contribution in [2.75, 3.05) is 6.61 Å². The number of esters is 1. The third-order valence-corrected chi connectivity index (χ3v) is 5.58. The highest BCUT2D eigenvalue weighted by molar-refractivity contribution is 7.12. The summed E-state index contributed by atoms with van der Waals surface area (Å²) in [5.74, 6) is -1.03. The number of hydrogen-bond acceptors (Lipinski definition) is 6. The molecule has 0 radical (unpaired) electrons. The molecule has 0 spiro atoms. The van der Waals surface area contributed by atoms with E-state index >= 15 is 0 Å². The monoisotopic (exact) mass is 433 g/mol. The molecule has 8 heteroatoms. The highest BCUT2D eigenvalue weighted by atomic mass is 32.1. The Labute approximate surface area is 182 Å². The fraction of sp³-hybridized carbons (Fsp3) is 0.130. The lowest BCUT2D eigenvalue weighted by atomic mass is 10.2. The third-order valence-electron chi connectivity index (χ3n) is 4.71. The van der Waals surface area contributed by atoms with E-state index in [0.29, 0.717) is 28.2 Å². The van der Waals surface area contributed by atoms with Gasteiger partial charge in [-0.15, -0.1) is 11.3 Å². The topological polar surface area (TPSA) is 89.8 Å². The van der Waals surface area contributed by atoms with E-state index in [-0.39, 0.29) is 23.9 Å². The van der Waals surface area contributed by atoms with Crippen LogP contribution in [0, 0.1) is 0 Å². The minimum Gasteiger partial charge on any atom is -0.462 e. The molecule has 0 bridgehead atoms. The van der Waals surface area contributed by atoms with Gasteiger partial charge < -0.3 is 14.5 Å². The zero-order chi connectivity index (χ0) is 21.8. The van der Waals surface area contributed by atoms with Gasteiger partial charge >= 0.3 is 5.97 Å². The Hall–Kier alpha value is -3.78. The normalized spacial score (nSPS) is 10.7. The van der Waals surface area contributed by atoms with Crippen LogP contribution in [-0.4, -0.2) is 33.7 Å². The van der Waals surface area contributed by atoms with E-state index in [1.807, 2.05) is 17.5 Å². The Kier molecular flexibility index (Phi) is 5.90. The number of aromatic nitrogens is 2. The molecule has 4 heterocycles. The number of ketones is 1. The van der Waals surface area contributed by atoms with Crippen molar-refractivity contribution in [3.05, 3.63) is 93.7 Å². The highest BCUT2D eigenvalue weighted by Crippen LogP contribution is 2.24. The zero-order valence-corrected chi connectivity index (χ0v) is 17.5. The summed E-state index contributed by atoms with van der Waals surface area (Å²) < 4.78 is 6.78. The van der Waals surface area contributed by atoms with Crippen molar-refractivity contribution in [2.24, 2.45) is 0 Å². The van der Waals surface area contributed by atoms with Crippen LogP contribution in [0.3, 0.4) is 0 Å². The fourth-order valence-corrected chi connectivity index (χ4v) is 3.88. The number of thiophene rings is 1. The predicted molar refractivity (Wildman–Crippen MR) is 117 cm³/mol. The molecule has 0 saturated heterocycles. The maximum Gasteiger partial charge on any atom is 0.340 e. The van der Waals surface area contributed by atoms with Crippen LogP contribution < -0.4 is 5.32 Å². The van der Waals surface area contributed by atoms with Crippen molar-refractivity contribution in [3.63, 3.8) is 0 Å². The molecular weight excluding hydrogens is 414 g/mol. The molecule has 0 aliphatic rings. The van der Waals surface area contributed by atoms with E-state index in [0.717, 1.165) is 5.56 Å². The van der Waals surface area contributed by atoms with Crippen LogP contribution in [0.4, 0.5) is 0 Å². The smallest absolute Gasteiger partial charge is 0.340 e. The van der Waals surface area contributed by atoms with Crippen LogP contribution in [0.1, 0.15) is 48.6 Å². The average Bonchev–Trinajstić information content (AvgIpc) is 3.46. The molecule has 0 saturated carbocycles. The number of nitrogens with zero attached hydrogens (tertiary/aromatic N) is 2. The van der Waals surface area contributed by atoms with Crippen LogP contribution in [0.15, 0.2) is 66.4 Å². The average molecular weight is 433 g/mol. The second kappa shape index (κ2) is 8.93. The standard InChI is InChI=1S/C23H19N3O4S/c1-2-30-23(29)17-13-19(21(27)20-4-3-11-31-20)26-10-7-16(12-18(17)26)22(28)25-14-15-5-8-24-9-6-15/h3-13H,2,14H2,1H3,(H,25,28). The van der Waals surface area contributed by atoms with Gasteiger partial charge in [-0.25, -0.2) is 4.79 Å². The number of amides is 1. The number of hydrogen-bond donors (Lipinski definition) is 1. The molecule has 31 heavy (non-hydrogen) atoms. The number of pyridine rings is 2. The van der Waals surface area contributed by atoms with E-state index in [4.69, 9.17) is 4.74 Å². The summed E-state index contributed by atoms with van der Waals surface area (Å²) in [7, 11) is 0. The number of fused-ring (bicyclic) bond motifs is 1. The van der Waals surface area contributed by atoms with Crippen LogP contribution in [-0.2, 0) is 11.3 Å². The molecule has 4 aromatic rings. The number of ether oxygens (including phenoxy) is 1. The molecule has 4 aromatic heterocycles. The number of carbonyl (C=O) groups is 3. The Morgan fingerprint density at radius 3 is 2.65 bits per heavy atom. The summed E-state index contributed by atoms with van der Waals surface area (Å²) in [6, 6.07) is 11.9. The predicted octanol–water partition coefficient (Wildman–Crippen LogP) is 3.73. The highest BCUT2D eigenvalue weighted by Gasteiger charge is 2.23. The van der Waals surface area contributed by atoms with Gasteiger partial charge in [-0.1, -0.05) is 6.07 Å². The molecule has 7 nitrogen and oxygen atoms in total. The summed E-state index contributed by atoms with van der Waals surface area (Å²) in [4.78, 5) is 42.7. The molecule has 1 amide bonds. The minimum absolute atomic E-state index is 0.199. The minimum atomic E-state index is -0.542. The van der Waals surface area contributed by atoms with Gasteiger partial charge in [-0.2, -0.15) is 0 Å². The van der Waals surface area contributed by atoms with Gasteiger partial charge in [0.05, 0.1) is 28.3 Å². The van der Waals surface area contributed by atoms with E-state index < -0.39 is 5.97 Å². The second-order valence-corrected chi connectivity index (χ2v) is 7.63. The van der Waals surface area contributed by atoms with Crippen LogP contribution in [0.25, 0.3) is 5.52 Å². The molecule has 0 aliphatic heterocycles. The van der Waals surface area contributed by atoms with E-state index in [2.05, 4.69) is 10.3 Å².